The van der Waals surface area contributed by atoms with Crippen LogP contribution in [-0.4, -0.2) is 18.6 Å². The third-order valence-corrected chi connectivity index (χ3v) is 2.74. The Kier molecular flexibility index (Phi) is 5.33. The van der Waals surface area contributed by atoms with Gasteiger partial charge in [-0.15, -0.1) is 0 Å². The topological polar surface area (TPSA) is 24.9 Å². The Balaban J connectivity index is 2.42. The molecule has 0 bridgehead atoms. The molecule has 0 aliphatic rings. The van der Waals surface area contributed by atoms with Crippen LogP contribution in [0.3, 0.4) is 0 Å². The minimum absolute atomic E-state index is 0.706. The number of rotatable bonds is 6. The van der Waals surface area contributed by atoms with Gasteiger partial charge in [0.05, 0.1) is 0 Å². The maximum absolute atomic E-state index is 4.48. The van der Waals surface area contributed by atoms with Gasteiger partial charge in [0.25, 0.3) is 0 Å². The van der Waals surface area contributed by atoms with Crippen molar-refractivity contribution in [3.8, 4) is 0 Å². The van der Waals surface area contributed by atoms with Crippen molar-refractivity contribution >= 4 is 0 Å². The predicted molar refractivity (Wildman–Crippen MR) is 65.0 cm³/mol. The van der Waals surface area contributed by atoms with Gasteiger partial charge in [-0.2, -0.15) is 0 Å². The van der Waals surface area contributed by atoms with Crippen LogP contribution in [0, 0.1) is 5.92 Å². The average molecular weight is 206 g/mol. The molecule has 0 saturated carbocycles. The lowest BCUT2D eigenvalue weighted by Crippen LogP contribution is -2.13. The van der Waals surface area contributed by atoms with Crippen LogP contribution in [0.15, 0.2) is 18.3 Å². The van der Waals surface area contributed by atoms with Gasteiger partial charge in [-0.1, -0.05) is 19.9 Å². The number of nitrogens with zero attached hydrogens (tertiary/aromatic N) is 1. The van der Waals surface area contributed by atoms with Crippen molar-refractivity contribution in [2.24, 2.45) is 5.92 Å². The fraction of sp³-hybridized carbons (Fsp3) is 0.615. The van der Waals surface area contributed by atoms with Gasteiger partial charge in [-0.3, -0.25) is 4.98 Å². The molecule has 1 rings (SSSR count). The van der Waals surface area contributed by atoms with Gasteiger partial charge in [-0.05, 0) is 50.4 Å². The smallest absolute Gasteiger partial charge is 0.0406 e. The molecule has 0 amide bonds. The molecular formula is C13H22N2. The van der Waals surface area contributed by atoms with E-state index in [9.17, 15) is 0 Å². The van der Waals surface area contributed by atoms with Crippen molar-refractivity contribution in [3.63, 3.8) is 0 Å². The van der Waals surface area contributed by atoms with Crippen molar-refractivity contribution in [1.82, 2.24) is 10.3 Å². The lowest BCUT2D eigenvalue weighted by molar-refractivity contribution is 0.509. The number of hydrogen-bond acceptors (Lipinski definition) is 2. The molecule has 15 heavy (non-hydrogen) atoms. The maximum atomic E-state index is 4.48. The molecule has 1 heterocycles. The van der Waals surface area contributed by atoms with E-state index in [0.717, 1.165) is 19.4 Å². The van der Waals surface area contributed by atoms with Gasteiger partial charge < -0.3 is 5.32 Å². The molecule has 84 valence electrons. The summed E-state index contributed by atoms with van der Waals surface area (Å²) in [6, 6.07) is 4.35. The summed E-state index contributed by atoms with van der Waals surface area (Å²) in [5, 5.41) is 3.18. The number of pyridine rings is 1. The number of aryl methyl sites for hydroxylation is 1. The Morgan fingerprint density at radius 1 is 1.40 bits per heavy atom. The highest BCUT2D eigenvalue weighted by atomic mass is 14.8. The van der Waals surface area contributed by atoms with E-state index in [-0.39, 0.29) is 0 Å². The first-order chi connectivity index (χ1) is 7.26. The van der Waals surface area contributed by atoms with E-state index in [1.165, 1.54) is 17.7 Å². The van der Waals surface area contributed by atoms with Gasteiger partial charge in [-0.25, -0.2) is 0 Å². The van der Waals surface area contributed by atoms with Crippen molar-refractivity contribution in [3.05, 3.63) is 29.6 Å². The fourth-order valence-electron chi connectivity index (χ4n) is 1.63. The highest BCUT2D eigenvalue weighted by Crippen LogP contribution is 2.10. The second-order valence-electron chi connectivity index (χ2n) is 4.21. The second-order valence-corrected chi connectivity index (χ2v) is 4.21. The molecule has 2 heteroatoms. The molecule has 0 saturated heterocycles. The van der Waals surface area contributed by atoms with Crippen molar-refractivity contribution in [2.75, 3.05) is 13.6 Å². The predicted octanol–water partition coefficient (Wildman–Crippen LogP) is 2.43. The first-order valence-corrected chi connectivity index (χ1v) is 5.84. The summed E-state index contributed by atoms with van der Waals surface area (Å²) in [4.78, 5) is 4.48. The fourth-order valence-corrected chi connectivity index (χ4v) is 1.63. The van der Waals surface area contributed by atoms with Gasteiger partial charge >= 0.3 is 0 Å². The Hall–Kier alpha value is -0.890. The van der Waals surface area contributed by atoms with E-state index in [0.29, 0.717) is 5.92 Å². The van der Waals surface area contributed by atoms with Crippen molar-refractivity contribution < 1.29 is 0 Å². The zero-order chi connectivity index (χ0) is 11.1. The Labute approximate surface area is 93.1 Å². The van der Waals surface area contributed by atoms with Crippen LogP contribution in [-0.2, 0) is 12.8 Å². The third-order valence-electron chi connectivity index (χ3n) is 2.74. The average Bonchev–Trinajstić information content (AvgIpc) is 2.27. The van der Waals surface area contributed by atoms with Crippen LogP contribution in [0.2, 0.25) is 0 Å². The molecule has 1 atom stereocenters. The van der Waals surface area contributed by atoms with E-state index in [2.05, 4.69) is 36.3 Å². The van der Waals surface area contributed by atoms with Crippen LogP contribution >= 0.6 is 0 Å². The van der Waals surface area contributed by atoms with Crippen LogP contribution in [0.1, 0.15) is 31.5 Å². The van der Waals surface area contributed by atoms with E-state index in [1.807, 2.05) is 13.2 Å². The Morgan fingerprint density at radius 3 is 2.73 bits per heavy atom. The SMILES string of the molecule is CCc1ccc(CC(C)CCNC)nc1. The molecule has 1 aromatic heterocycles. The van der Waals surface area contributed by atoms with E-state index < -0.39 is 0 Å². The molecule has 1 N–H and O–H groups in total. The van der Waals surface area contributed by atoms with Crippen LogP contribution < -0.4 is 5.32 Å². The molecule has 0 aromatic carbocycles. The summed E-state index contributed by atoms with van der Waals surface area (Å²) in [6.07, 6.45) is 5.38. The minimum Gasteiger partial charge on any atom is -0.320 e. The first-order valence-electron chi connectivity index (χ1n) is 5.84. The van der Waals surface area contributed by atoms with Crippen LogP contribution in [0.4, 0.5) is 0 Å². The lowest BCUT2D eigenvalue weighted by Gasteiger charge is -2.10. The van der Waals surface area contributed by atoms with Crippen molar-refractivity contribution in [2.45, 2.75) is 33.1 Å². The van der Waals surface area contributed by atoms with Gasteiger partial charge in [0.15, 0.2) is 0 Å². The monoisotopic (exact) mass is 206 g/mol. The van der Waals surface area contributed by atoms with Gasteiger partial charge in [0.1, 0.15) is 0 Å². The maximum Gasteiger partial charge on any atom is 0.0406 e. The molecule has 2 nitrogen and oxygen atoms in total. The number of aromatic nitrogens is 1. The molecule has 0 fully saturated rings. The Morgan fingerprint density at radius 2 is 2.20 bits per heavy atom. The zero-order valence-corrected chi connectivity index (χ0v) is 10.1. The minimum atomic E-state index is 0.706. The number of hydrogen-bond donors (Lipinski definition) is 1. The van der Waals surface area contributed by atoms with Crippen LogP contribution in [0.25, 0.3) is 0 Å². The quantitative estimate of drug-likeness (QED) is 0.773. The standard InChI is InChI=1S/C13H22N2/c1-4-12-5-6-13(15-10-12)9-11(2)7-8-14-3/h5-6,10-11,14H,4,7-9H2,1-3H3. The van der Waals surface area contributed by atoms with E-state index in [4.69, 9.17) is 0 Å². The molecule has 0 aliphatic carbocycles. The molecule has 1 unspecified atom stereocenters. The second kappa shape index (κ2) is 6.57. The Bertz CT molecular complexity index is 266. The van der Waals surface area contributed by atoms with E-state index >= 15 is 0 Å². The summed E-state index contributed by atoms with van der Waals surface area (Å²) in [5.74, 6) is 0.706. The molecule has 0 spiro atoms. The zero-order valence-electron chi connectivity index (χ0n) is 10.1. The van der Waals surface area contributed by atoms with Crippen LogP contribution in [0.5, 0.6) is 0 Å². The third kappa shape index (κ3) is 4.43. The van der Waals surface area contributed by atoms with Crippen molar-refractivity contribution in [1.29, 1.82) is 0 Å². The number of nitrogens with one attached hydrogen (secondary N) is 1. The van der Waals surface area contributed by atoms with Gasteiger partial charge in [0.2, 0.25) is 0 Å². The summed E-state index contributed by atoms with van der Waals surface area (Å²) in [5.41, 5.74) is 2.54. The highest BCUT2D eigenvalue weighted by Gasteiger charge is 2.03. The summed E-state index contributed by atoms with van der Waals surface area (Å²) in [6.45, 7) is 5.53. The molecule has 0 aliphatic heterocycles. The van der Waals surface area contributed by atoms with Gasteiger partial charge in [0, 0.05) is 11.9 Å². The molecular weight excluding hydrogens is 184 g/mol. The summed E-state index contributed by atoms with van der Waals surface area (Å²) in [7, 11) is 2.00. The normalized spacial score (nSPS) is 12.7. The lowest BCUT2D eigenvalue weighted by atomic mass is 10.0. The summed E-state index contributed by atoms with van der Waals surface area (Å²) < 4.78 is 0. The first kappa shape index (κ1) is 12.2. The summed E-state index contributed by atoms with van der Waals surface area (Å²) >= 11 is 0. The molecule has 0 radical (unpaired) electrons. The highest BCUT2D eigenvalue weighted by molar-refractivity contribution is 5.14. The van der Waals surface area contributed by atoms with E-state index in [1.54, 1.807) is 0 Å². The molecule has 1 aromatic rings. The largest absolute Gasteiger partial charge is 0.320 e.